The molecule has 1 atom stereocenters. The van der Waals surface area contributed by atoms with Gasteiger partial charge in [0.25, 0.3) is 0 Å². The van der Waals surface area contributed by atoms with Gasteiger partial charge in [0, 0.05) is 17.1 Å². The van der Waals surface area contributed by atoms with Crippen LogP contribution in [0.2, 0.25) is 0 Å². The Balaban J connectivity index is 2.21. The van der Waals surface area contributed by atoms with E-state index in [0.717, 1.165) is 22.7 Å². The average Bonchev–Trinajstić information content (AvgIpc) is 2.36. The molecule has 0 fully saturated rings. The van der Waals surface area contributed by atoms with Crippen molar-refractivity contribution in [1.29, 1.82) is 0 Å². The Labute approximate surface area is 126 Å². The SMILES string of the molecule is Cc1ccc(Br)cc1OCCNC(C)CCC(C)C. The van der Waals surface area contributed by atoms with Crippen LogP contribution in [-0.2, 0) is 0 Å². The fourth-order valence-corrected chi connectivity index (χ4v) is 2.22. The topological polar surface area (TPSA) is 21.3 Å². The number of hydrogen-bond donors (Lipinski definition) is 1. The monoisotopic (exact) mass is 327 g/mol. The molecule has 2 nitrogen and oxygen atoms in total. The van der Waals surface area contributed by atoms with E-state index in [0.29, 0.717) is 12.6 Å². The van der Waals surface area contributed by atoms with E-state index in [-0.39, 0.29) is 0 Å². The zero-order valence-corrected chi connectivity index (χ0v) is 14.1. The van der Waals surface area contributed by atoms with Crippen LogP contribution in [0.15, 0.2) is 22.7 Å². The van der Waals surface area contributed by atoms with Crippen LogP contribution < -0.4 is 10.1 Å². The number of hydrogen-bond acceptors (Lipinski definition) is 2. The molecule has 1 N–H and O–H groups in total. The van der Waals surface area contributed by atoms with Gasteiger partial charge in [0.2, 0.25) is 0 Å². The summed E-state index contributed by atoms with van der Waals surface area (Å²) in [6.45, 7) is 10.5. The van der Waals surface area contributed by atoms with Crippen LogP contribution in [0.4, 0.5) is 0 Å². The van der Waals surface area contributed by atoms with Gasteiger partial charge < -0.3 is 10.1 Å². The predicted molar refractivity (Wildman–Crippen MR) is 85.9 cm³/mol. The third-order valence-corrected chi connectivity index (χ3v) is 3.67. The summed E-state index contributed by atoms with van der Waals surface area (Å²) in [6.07, 6.45) is 2.51. The summed E-state index contributed by atoms with van der Waals surface area (Å²) in [6, 6.07) is 6.69. The molecule has 1 rings (SSSR count). The summed E-state index contributed by atoms with van der Waals surface area (Å²) in [5.41, 5.74) is 1.18. The highest BCUT2D eigenvalue weighted by atomic mass is 79.9. The summed E-state index contributed by atoms with van der Waals surface area (Å²) in [5, 5.41) is 3.51. The van der Waals surface area contributed by atoms with Crippen LogP contribution in [0.5, 0.6) is 5.75 Å². The lowest BCUT2D eigenvalue weighted by Crippen LogP contribution is -2.30. The molecule has 1 aromatic rings. The van der Waals surface area contributed by atoms with Crippen LogP contribution >= 0.6 is 15.9 Å². The largest absolute Gasteiger partial charge is 0.492 e. The highest BCUT2D eigenvalue weighted by Crippen LogP contribution is 2.22. The number of ether oxygens (including phenoxy) is 1. The Morgan fingerprint density at radius 3 is 2.63 bits per heavy atom. The lowest BCUT2D eigenvalue weighted by molar-refractivity contribution is 0.301. The number of benzene rings is 1. The first-order valence-electron chi connectivity index (χ1n) is 7.11. The lowest BCUT2D eigenvalue weighted by Gasteiger charge is -2.16. The van der Waals surface area contributed by atoms with Crippen molar-refractivity contribution < 1.29 is 4.74 Å². The summed E-state index contributed by atoms with van der Waals surface area (Å²) in [5.74, 6) is 1.75. The van der Waals surface area contributed by atoms with Crippen molar-refractivity contribution >= 4 is 15.9 Å². The summed E-state index contributed by atoms with van der Waals surface area (Å²) in [4.78, 5) is 0. The maximum Gasteiger partial charge on any atom is 0.123 e. The molecule has 0 spiro atoms. The highest BCUT2D eigenvalue weighted by Gasteiger charge is 2.04. The Morgan fingerprint density at radius 2 is 1.95 bits per heavy atom. The van der Waals surface area contributed by atoms with Crippen molar-refractivity contribution in [2.45, 2.75) is 46.6 Å². The van der Waals surface area contributed by atoms with Crippen LogP contribution in [0.3, 0.4) is 0 Å². The van der Waals surface area contributed by atoms with Crippen LogP contribution in [0.1, 0.15) is 39.2 Å². The number of nitrogens with one attached hydrogen (secondary N) is 1. The van der Waals surface area contributed by atoms with E-state index in [4.69, 9.17) is 4.74 Å². The Hall–Kier alpha value is -0.540. The molecule has 19 heavy (non-hydrogen) atoms. The van der Waals surface area contributed by atoms with Gasteiger partial charge >= 0.3 is 0 Å². The van der Waals surface area contributed by atoms with Crippen molar-refractivity contribution in [2.24, 2.45) is 5.92 Å². The summed E-state index contributed by atoms with van der Waals surface area (Å²) >= 11 is 3.47. The van der Waals surface area contributed by atoms with E-state index >= 15 is 0 Å². The zero-order chi connectivity index (χ0) is 14.3. The van der Waals surface area contributed by atoms with E-state index in [2.05, 4.69) is 55.0 Å². The summed E-state index contributed by atoms with van der Waals surface area (Å²) < 4.78 is 6.86. The highest BCUT2D eigenvalue weighted by molar-refractivity contribution is 9.10. The fourth-order valence-electron chi connectivity index (χ4n) is 1.88. The van der Waals surface area contributed by atoms with E-state index in [1.165, 1.54) is 18.4 Å². The molecule has 0 aliphatic heterocycles. The normalized spacial score (nSPS) is 12.7. The molecular formula is C16H26BrNO. The van der Waals surface area contributed by atoms with Gasteiger partial charge in [-0.2, -0.15) is 0 Å². The van der Waals surface area contributed by atoms with Crippen molar-refractivity contribution in [3.63, 3.8) is 0 Å². The van der Waals surface area contributed by atoms with Crippen LogP contribution in [0, 0.1) is 12.8 Å². The maximum absolute atomic E-state index is 5.80. The van der Waals surface area contributed by atoms with Gasteiger partial charge in [-0.15, -0.1) is 0 Å². The first-order valence-corrected chi connectivity index (χ1v) is 7.90. The van der Waals surface area contributed by atoms with Gasteiger partial charge in [0.1, 0.15) is 12.4 Å². The molecule has 0 amide bonds. The quantitative estimate of drug-likeness (QED) is 0.707. The molecule has 0 heterocycles. The van der Waals surface area contributed by atoms with Gasteiger partial charge in [-0.3, -0.25) is 0 Å². The van der Waals surface area contributed by atoms with E-state index in [1.807, 2.05) is 12.1 Å². The minimum Gasteiger partial charge on any atom is -0.492 e. The second kappa shape index (κ2) is 8.60. The minimum atomic E-state index is 0.564. The predicted octanol–water partition coefficient (Wildman–Crippen LogP) is 4.55. The molecule has 3 heteroatoms. The van der Waals surface area contributed by atoms with Gasteiger partial charge in [-0.05, 0) is 50.3 Å². The minimum absolute atomic E-state index is 0.564. The van der Waals surface area contributed by atoms with Crippen molar-refractivity contribution in [3.8, 4) is 5.75 Å². The lowest BCUT2D eigenvalue weighted by atomic mass is 10.0. The van der Waals surface area contributed by atoms with Gasteiger partial charge in [0.15, 0.2) is 0 Å². The number of aryl methyl sites for hydroxylation is 1. The number of rotatable bonds is 8. The molecule has 0 aromatic heterocycles. The second-order valence-corrected chi connectivity index (χ2v) is 6.50. The first kappa shape index (κ1) is 16.5. The van der Waals surface area contributed by atoms with E-state index in [1.54, 1.807) is 0 Å². The molecule has 0 radical (unpaired) electrons. The first-order chi connectivity index (χ1) is 8.99. The zero-order valence-electron chi connectivity index (χ0n) is 12.5. The standard InChI is InChI=1S/C16H26BrNO/c1-12(2)5-7-14(4)18-9-10-19-16-11-15(17)8-6-13(16)3/h6,8,11-12,14,18H,5,7,9-10H2,1-4H3. The molecule has 1 aromatic carbocycles. The Bertz CT molecular complexity index is 379. The molecular weight excluding hydrogens is 302 g/mol. The molecule has 0 aliphatic rings. The third kappa shape index (κ3) is 6.98. The van der Waals surface area contributed by atoms with Crippen molar-refractivity contribution in [3.05, 3.63) is 28.2 Å². The smallest absolute Gasteiger partial charge is 0.123 e. The molecule has 108 valence electrons. The van der Waals surface area contributed by atoms with E-state index < -0.39 is 0 Å². The molecule has 0 aliphatic carbocycles. The van der Waals surface area contributed by atoms with Gasteiger partial charge in [-0.25, -0.2) is 0 Å². The average molecular weight is 328 g/mol. The van der Waals surface area contributed by atoms with Crippen LogP contribution in [0.25, 0.3) is 0 Å². The van der Waals surface area contributed by atoms with E-state index in [9.17, 15) is 0 Å². The van der Waals surface area contributed by atoms with Crippen molar-refractivity contribution in [1.82, 2.24) is 5.32 Å². The second-order valence-electron chi connectivity index (χ2n) is 5.58. The Kier molecular flexibility index (Phi) is 7.47. The molecule has 0 saturated carbocycles. The molecule has 0 bridgehead atoms. The van der Waals surface area contributed by atoms with Gasteiger partial charge in [0.05, 0.1) is 0 Å². The maximum atomic E-state index is 5.80. The van der Waals surface area contributed by atoms with Gasteiger partial charge in [-0.1, -0.05) is 35.8 Å². The molecule has 1 unspecified atom stereocenters. The van der Waals surface area contributed by atoms with Crippen LogP contribution in [-0.4, -0.2) is 19.2 Å². The number of halogens is 1. The summed E-state index contributed by atoms with van der Waals surface area (Å²) in [7, 11) is 0. The fraction of sp³-hybridized carbons (Fsp3) is 0.625. The van der Waals surface area contributed by atoms with Crippen molar-refractivity contribution in [2.75, 3.05) is 13.2 Å². The molecule has 0 saturated heterocycles. The third-order valence-electron chi connectivity index (χ3n) is 3.18. The Morgan fingerprint density at radius 1 is 1.21 bits per heavy atom.